The lowest BCUT2D eigenvalue weighted by Crippen LogP contribution is -2.16. The average Bonchev–Trinajstić information content (AvgIpc) is 2.16. The summed E-state index contributed by atoms with van der Waals surface area (Å²) in [6, 6.07) is 5.27. The lowest BCUT2D eigenvalue weighted by atomic mass is 10.1. The molecule has 0 saturated carbocycles. The molecule has 2 rings (SSSR count). The summed E-state index contributed by atoms with van der Waals surface area (Å²) in [6.45, 7) is 1.86. The number of rotatable bonds is 0. The van der Waals surface area contributed by atoms with Gasteiger partial charge in [0, 0.05) is 10.8 Å². The molecule has 1 heterocycles. The Kier molecular flexibility index (Phi) is 1.70. The van der Waals surface area contributed by atoms with Gasteiger partial charge in [-0.15, -0.1) is 0 Å². The van der Waals surface area contributed by atoms with Crippen molar-refractivity contribution in [3.63, 3.8) is 0 Å². The van der Waals surface area contributed by atoms with Gasteiger partial charge in [0.15, 0.2) is 5.75 Å². The molecule has 72 valence electrons. The van der Waals surface area contributed by atoms with Crippen molar-refractivity contribution < 1.29 is 10.3 Å². The highest BCUT2D eigenvalue weighted by molar-refractivity contribution is 5.87. The minimum absolute atomic E-state index is 0.382. The van der Waals surface area contributed by atoms with E-state index in [-0.39, 0.29) is 0 Å². The molecule has 2 aromatic rings. The Balaban J connectivity index is 2.99. The fourth-order valence-electron chi connectivity index (χ4n) is 1.40. The Morgan fingerprint density at radius 3 is 2.79 bits per heavy atom. The molecule has 0 spiro atoms. The SMILES string of the molecule is Cc1ccc2cn(O)c(=O)c(O)c2c1. The molecule has 0 bridgehead atoms. The maximum absolute atomic E-state index is 11.2. The number of aromatic nitrogens is 1. The quantitative estimate of drug-likeness (QED) is 0.616. The van der Waals surface area contributed by atoms with E-state index in [4.69, 9.17) is 5.21 Å². The Bertz CT molecular complexity index is 557. The zero-order chi connectivity index (χ0) is 10.3. The number of nitrogens with zero attached hydrogens (tertiary/aromatic N) is 1. The summed E-state index contributed by atoms with van der Waals surface area (Å²) in [6.07, 6.45) is 1.27. The van der Waals surface area contributed by atoms with Gasteiger partial charge in [0.1, 0.15) is 0 Å². The average molecular weight is 191 g/mol. The summed E-state index contributed by atoms with van der Waals surface area (Å²) in [5, 5.41) is 19.7. The van der Waals surface area contributed by atoms with Gasteiger partial charge in [0.25, 0.3) is 0 Å². The van der Waals surface area contributed by atoms with E-state index in [2.05, 4.69) is 0 Å². The minimum atomic E-state index is -0.803. The Morgan fingerprint density at radius 2 is 2.07 bits per heavy atom. The van der Waals surface area contributed by atoms with Gasteiger partial charge in [-0.25, -0.2) is 0 Å². The van der Waals surface area contributed by atoms with Crippen LogP contribution in [0.1, 0.15) is 5.56 Å². The molecule has 4 heteroatoms. The third kappa shape index (κ3) is 1.12. The van der Waals surface area contributed by atoms with Crippen molar-refractivity contribution in [3.8, 4) is 5.75 Å². The van der Waals surface area contributed by atoms with E-state index in [0.29, 0.717) is 15.5 Å². The molecule has 4 nitrogen and oxygen atoms in total. The molecule has 0 fully saturated rings. The molecule has 0 amide bonds. The van der Waals surface area contributed by atoms with Crippen LogP contribution in [0, 0.1) is 6.92 Å². The van der Waals surface area contributed by atoms with Gasteiger partial charge in [0.2, 0.25) is 0 Å². The van der Waals surface area contributed by atoms with Gasteiger partial charge in [-0.3, -0.25) is 4.79 Å². The smallest absolute Gasteiger partial charge is 0.325 e. The highest BCUT2D eigenvalue weighted by Gasteiger charge is 2.07. The molecule has 1 aromatic heterocycles. The largest absolute Gasteiger partial charge is 0.503 e. The number of fused-ring (bicyclic) bond motifs is 1. The third-order valence-electron chi connectivity index (χ3n) is 2.14. The zero-order valence-corrected chi connectivity index (χ0v) is 7.56. The van der Waals surface area contributed by atoms with Gasteiger partial charge in [-0.05, 0) is 13.0 Å². The standard InChI is InChI=1S/C10H9NO3/c1-6-2-3-7-5-11(14)10(13)9(12)8(7)4-6/h2-5,12,14H,1H3. The molecule has 0 unspecified atom stereocenters. The second kappa shape index (κ2) is 2.77. The number of aryl methyl sites for hydroxylation is 1. The van der Waals surface area contributed by atoms with E-state index in [9.17, 15) is 9.90 Å². The number of benzene rings is 1. The molecule has 1 aromatic carbocycles. The minimum Gasteiger partial charge on any atom is -0.503 e. The summed E-state index contributed by atoms with van der Waals surface area (Å²) >= 11 is 0. The van der Waals surface area contributed by atoms with Crippen molar-refractivity contribution in [1.29, 1.82) is 0 Å². The Hall–Kier alpha value is -1.97. The van der Waals surface area contributed by atoms with Crippen LogP contribution in [0.3, 0.4) is 0 Å². The fourth-order valence-corrected chi connectivity index (χ4v) is 1.40. The Labute approximate surface area is 79.6 Å². The van der Waals surface area contributed by atoms with E-state index in [1.54, 1.807) is 12.1 Å². The first-order valence-electron chi connectivity index (χ1n) is 4.14. The molecule has 0 radical (unpaired) electrons. The summed E-state index contributed by atoms with van der Waals surface area (Å²) in [4.78, 5) is 11.2. The zero-order valence-electron chi connectivity index (χ0n) is 7.56. The van der Waals surface area contributed by atoms with Crippen molar-refractivity contribution in [2.75, 3.05) is 0 Å². The first-order chi connectivity index (χ1) is 6.59. The number of pyridine rings is 1. The van der Waals surface area contributed by atoms with Crippen molar-refractivity contribution in [3.05, 3.63) is 40.3 Å². The van der Waals surface area contributed by atoms with E-state index < -0.39 is 11.3 Å². The van der Waals surface area contributed by atoms with Crippen LogP contribution < -0.4 is 5.56 Å². The van der Waals surface area contributed by atoms with Gasteiger partial charge < -0.3 is 10.3 Å². The highest BCUT2D eigenvalue weighted by Crippen LogP contribution is 2.21. The van der Waals surface area contributed by atoms with Crippen molar-refractivity contribution in [2.24, 2.45) is 0 Å². The monoisotopic (exact) mass is 191 g/mol. The maximum atomic E-state index is 11.2. The first kappa shape index (κ1) is 8.62. The first-order valence-corrected chi connectivity index (χ1v) is 4.14. The molecule has 0 aliphatic carbocycles. The lowest BCUT2D eigenvalue weighted by Gasteiger charge is -2.03. The molecule has 0 aliphatic heterocycles. The van der Waals surface area contributed by atoms with Gasteiger partial charge >= 0.3 is 5.56 Å². The van der Waals surface area contributed by atoms with Crippen molar-refractivity contribution in [2.45, 2.75) is 6.92 Å². The second-order valence-electron chi connectivity index (χ2n) is 3.22. The summed E-state index contributed by atoms with van der Waals surface area (Å²) < 4.78 is 0.382. The highest BCUT2D eigenvalue weighted by atomic mass is 16.5. The molecule has 2 N–H and O–H groups in total. The van der Waals surface area contributed by atoms with Crippen LogP contribution in [0.15, 0.2) is 29.2 Å². The molecule has 0 aliphatic rings. The number of aromatic hydroxyl groups is 1. The molecule has 0 atom stereocenters. The van der Waals surface area contributed by atoms with E-state index >= 15 is 0 Å². The molecular weight excluding hydrogens is 182 g/mol. The third-order valence-corrected chi connectivity index (χ3v) is 2.14. The lowest BCUT2D eigenvalue weighted by molar-refractivity contribution is 0.172. The fraction of sp³-hybridized carbons (Fsp3) is 0.100. The second-order valence-corrected chi connectivity index (χ2v) is 3.22. The van der Waals surface area contributed by atoms with Gasteiger partial charge in [-0.1, -0.05) is 17.7 Å². The summed E-state index contributed by atoms with van der Waals surface area (Å²) in [7, 11) is 0. The number of hydrogen-bond donors (Lipinski definition) is 2. The van der Waals surface area contributed by atoms with Gasteiger partial charge in [0.05, 0.1) is 6.20 Å². The van der Waals surface area contributed by atoms with E-state index in [0.717, 1.165) is 5.56 Å². The topological polar surface area (TPSA) is 62.5 Å². The van der Waals surface area contributed by atoms with E-state index in [1.165, 1.54) is 6.20 Å². The van der Waals surface area contributed by atoms with Crippen LogP contribution in [0.25, 0.3) is 10.8 Å². The predicted octanol–water partition coefficient (Wildman–Crippen LogP) is 1.25. The molecule has 0 saturated heterocycles. The van der Waals surface area contributed by atoms with Gasteiger partial charge in [-0.2, -0.15) is 4.73 Å². The van der Waals surface area contributed by atoms with Crippen molar-refractivity contribution >= 4 is 10.8 Å². The summed E-state index contributed by atoms with van der Waals surface area (Å²) in [5.74, 6) is -0.422. The number of hydrogen-bond acceptors (Lipinski definition) is 3. The summed E-state index contributed by atoms with van der Waals surface area (Å²) in [5.41, 5.74) is 0.144. The maximum Gasteiger partial charge on any atom is 0.325 e. The molecule has 14 heavy (non-hydrogen) atoms. The Morgan fingerprint density at radius 1 is 1.36 bits per heavy atom. The normalized spacial score (nSPS) is 10.6. The van der Waals surface area contributed by atoms with Crippen LogP contribution in [0.5, 0.6) is 5.75 Å². The van der Waals surface area contributed by atoms with Crippen LogP contribution >= 0.6 is 0 Å². The van der Waals surface area contributed by atoms with Crippen LogP contribution in [-0.4, -0.2) is 15.0 Å². The van der Waals surface area contributed by atoms with Crippen LogP contribution in [0.4, 0.5) is 0 Å². The van der Waals surface area contributed by atoms with Crippen LogP contribution in [0.2, 0.25) is 0 Å². The molecular formula is C10H9NO3. The van der Waals surface area contributed by atoms with Crippen molar-refractivity contribution in [1.82, 2.24) is 4.73 Å². The van der Waals surface area contributed by atoms with Crippen LogP contribution in [-0.2, 0) is 0 Å². The predicted molar refractivity (Wildman–Crippen MR) is 51.8 cm³/mol. The van der Waals surface area contributed by atoms with E-state index in [1.807, 2.05) is 13.0 Å².